The van der Waals surface area contributed by atoms with Gasteiger partial charge in [0.25, 0.3) is 0 Å². The van der Waals surface area contributed by atoms with Gasteiger partial charge in [-0.25, -0.2) is 4.39 Å². The van der Waals surface area contributed by atoms with Crippen LogP contribution < -0.4 is 14.8 Å². The van der Waals surface area contributed by atoms with E-state index in [9.17, 15) is 4.39 Å². The van der Waals surface area contributed by atoms with Crippen molar-refractivity contribution in [3.05, 3.63) is 60.0 Å². The van der Waals surface area contributed by atoms with Crippen molar-refractivity contribution in [1.29, 1.82) is 0 Å². The topological polar surface area (TPSA) is 46.3 Å². The lowest BCUT2D eigenvalue weighted by Crippen LogP contribution is -2.23. The number of fused-ring (bicyclic) bond motifs is 1. The largest absolute Gasteiger partial charge is 0.493 e. The van der Waals surface area contributed by atoms with E-state index in [1.807, 2.05) is 12.1 Å². The second kappa shape index (κ2) is 7.84. The molecule has 0 aliphatic rings. The zero-order chi connectivity index (χ0) is 16.8. The molecule has 1 heterocycles. The van der Waals surface area contributed by atoms with Crippen LogP contribution in [0.15, 0.2) is 48.7 Å². The Bertz CT molecular complexity index is 801. The van der Waals surface area contributed by atoms with Gasteiger partial charge in [-0.05, 0) is 36.7 Å². The molecule has 0 bridgehead atoms. The number of benzene rings is 2. The number of methoxy groups -OCH3 is 1. The molecule has 5 heteroatoms. The average Bonchev–Trinajstić information content (AvgIpc) is 3.01. The minimum atomic E-state index is -0.335. The van der Waals surface area contributed by atoms with Crippen LogP contribution in [0, 0.1) is 5.82 Å². The minimum Gasteiger partial charge on any atom is -0.493 e. The molecule has 2 N–H and O–H groups in total. The normalized spacial score (nSPS) is 10.9. The molecule has 0 amide bonds. The number of halogens is 1. The summed E-state index contributed by atoms with van der Waals surface area (Å²) in [5.41, 5.74) is 2.46. The molecule has 1 aromatic heterocycles. The third-order valence-corrected chi connectivity index (χ3v) is 3.91. The van der Waals surface area contributed by atoms with E-state index in [1.54, 1.807) is 13.2 Å². The van der Waals surface area contributed by atoms with Gasteiger partial charge in [0.2, 0.25) is 0 Å². The fourth-order valence-corrected chi connectivity index (χ4v) is 2.68. The standard InChI is InChI=1S/C19H21FN2O2/c1-23-18-7-6-15(20)12-19(18)24-11-10-21-9-8-14-13-22-17-5-3-2-4-16(14)17/h2-7,12-13,21-22H,8-11H2,1H3. The Morgan fingerprint density at radius 3 is 2.83 bits per heavy atom. The first-order valence-electron chi connectivity index (χ1n) is 8.00. The van der Waals surface area contributed by atoms with E-state index in [1.165, 1.54) is 23.1 Å². The fraction of sp³-hybridized carbons (Fsp3) is 0.263. The van der Waals surface area contributed by atoms with Gasteiger partial charge < -0.3 is 19.8 Å². The highest BCUT2D eigenvalue weighted by Gasteiger charge is 2.06. The third kappa shape index (κ3) is 3.86. The summed E-state index contributed by atoms with van der Waals surface area (Å²) >= 11 is 0. The fourth-order valence-electron chi connectivity index (χ4n) is 2.68. The summed E-state index contributed by atoms with van der Waals surface area (Å²) in [5, 5.41) is 4.60. The Balaban J connectivity index is 1.42. The number of para-hydroxylation sites is 1. The van der Waals surface area contributed by atoms with Gasteiger partial charge in [-0.1, -0.05) is 18.2 Å². The van der Waals surface area contributed by atoms with Crippen LogP contribution in [-0.2, 0) is 6.42 Å². The van der Waals surface area contributed by atoms with Gasteiger partial charge in [-0.2, -0.15) is 0 Å². The molecule has 0 saturated carbocycles. The van der Waals surface area contributed by atoms with Gasteiger partial charge in [0.15, 0.2) is 11.5 Å². The quantitative estimate of drug-likeness (QED) is 0.622. The molecule has 0 atom stereocenters. The summed E-state index contributed by atoms with van der Waals surface area (Å²) < 4.78 is 24.0. The molecule has 3 aromatic rings. The second-order valence-corrected chi connectivity index (χ2v) is 5.50. The number of H-pyrrole nitrogens is 1. The maximum atomic E-state index is 13.2. The van der Waals surface area contributed by atoms with Crippen LogP contribution >= 0.6 is 0 Å². The second-order valence-electron chi connectivity index (χ2n) is 5.50. The lowest BCUT2D eigenvalue weighted by Gasteiger charge is -2.11. The van der Waals surface area contributed by atoms with Crippen LogP contribution in [0.5, 0.6) is 11.5 Å². The zero-order valence-electron chi connectivity index (χ0n) is 13.6. The predicted octanol–water partition coefficient (Wildman–Crippen LogP) is 3.53. The van der Waals surface area contributed by atoms with E-state index < -0.39 is 0 Å². The van der Waals surface area contributed by atoms with Gasteiger partial charge in [0, 0.05) is 29.7 Å². The molecule has 0 spiro atoms. The van der Waals surface area contributed by atoms with E-state index in [-0.39, 0.29) is 5.82 Å². The smallest absolute Gasteiger partial charge is 0.164 e. The van der Waals surface area contributed by atoms with E-state index >= 15 is 0 Å². The summed E-state index contributed by atoms with van der Waals surface area (Å²) in [4.78, 5) is 3.28. The average molecular weight is 328 g/mol. The highest BCUT2D eigenvalue weighted by Crippen LogP contribution is 2.27. The molecule has 2 aromatic carbocycles. The van der Waals surface area contributed by atoms with Crippen molar-refractivity contribution >= 4 is 10.9 Å². The first-order valence-corrected chi connectivity index (χ1v) is 8.00. The van der Waals surface area contributed by atoms with Gasteiger partial charge in [0.1, 0.15) is 12.4 Å². The summed E-state index contributed by atoms with van der Waals surface area (Å²) in [6.07, 6.45) is 2.99. The summed E-state index contributed by atoms with van der Waals surface area (Å²) in [6.45, 7) is 1.99. The Morgan fingerprint density at radius 1 is 1.08 bits per heavy atom. The Kier molecular flexibility index (Phi) is 5.33. The first-order chi connectivity index (χ1) is 11.8. The Labute approximate surface area is 140 Å². The van der Waals surface area contributed by atoms with Crippen LogP contribution in [0.4, 0.5) is 4.39 Å². The number of hydrogen-bond acceptors (Lipinski definition) is 3. The summed E-state index contributed by atoms with van der Waals surface area (Å²) in [6, 6.07) is 12.5. The number of nitrogens with one attached hydrogen (secondary N) is 2. The van der Waals surface area contributed by atoms with Crippen LogP contribution in [0.25, 0.3) is 10.9 Å². The highest BCUT2D eigenvalue weighted by atomic mass is 19.1. The van der Waals surface area contributed by atoms with E-state index in [0.717, 1.165) is 18.5 Å². The number of ether oxygens (including phenoxy) is 2. The first kappa shape index (κ1) is 16.3. The van der Waals surface area contributed by atoms with Gasteiger partial charge in [0.05, 0.1) is 7.11 Å². The summed E-state index contributed by atoms with van der Waals surface area (Å²) in [7, 11) is 1.54. The Hall–Kier alpha value is -2.53. The van der Waals surface area contributed by atoms with Gasteiger partial charge >= 0.3 is 0 Å². The lowest BCUT2D eigenvalue weighted by atomic mass is 10.1. The molecule has 24 heavy (non-hydrogen) atoms. The molecule has 0 aliphatic heterocycles. The molecule has 0 radical (unpaired) electrons. The summed E-state index contributed by atoms with van der Waals surface area (Å²) in [5.74, 6) is 0.629. The molecule has 4 nitrogen and oxygen atoms in total. The molecule has 126 valence electrons. The van der Waals surface area contributed by atoms with Gasteiger partial charge in [-0.15, -0.1) is 0 Å². The van der Waals surface area contributed by atoms with Crippen molar-refractivity contribution in [2.75, 3.05) is 26.8 Å². The number of hydrogen-bond donors (Lipinski definition) is 2. The molecule has 0 unspecified atom stereocenters. The van der Waals surface area contributed by atoms with Crippen LogP contribution in [0.2, 0.25) is 0 Å². The van der Waals surface area contributed by atoms with Gasteiger partial charge in [-0.3, -0.25) is 0 Å². The molecule has 0 aliphatic carbocycles. The number of aromatic nitrogens is 1. The number of aromatic amines is 1. The maximum Gasteiger partial charge on any atom is 0.164 e. The minimum absolute atomic E-state index is 0.335. The maximum absolute atomic E-state index is 13.2. The zero-order valence-corrected chi connectivity index (χ0v) is 13.6. The van der Waals surface area contributed by atoms with E-state index in [0.29, 0.717) is 24.7 Å². The van der Waals surface area contributed by atoms with E-state index in [4.69, 9.17) is 9.47 Å². The van der Waals surface area contributed by atoms with E-state index in [2.05, 4.69) is 28.6 Å². The number of rotatable bonds is 8. The van der Waals surface area contributed by atoms with Crippen molar-refractivity contribution < 1.29 is 13.9 Å². The van der Waals surface area contributed by atoms with Crippen molar-refractivity contribution in [2.24, 2.45) is 0 Å². The molecule has 0 fully saturated rings. The SMILES string of the molecule is COc1ccc(F)cc1OCCNCCc1c[nH]c2ccccc12. The molecular formula is C19H21FN2O2. The monoisotopic (exact) mass is 328 g/mol. The lowest BCUT2D eigenvalue weighted by molar-refractivity contribution is 0.291. The van der Waals surface area contributed by atoms with Crippen LogP contribution in [-0.4, -0.2) is 31.8 Å². The molecule has 3 rings (SSSR count). The van der Waals surface area contributed by atoms with Crippen molar-refractivity contribution in [3.63, 3.8) is 0 Å². The third-order valence-electron chi connectivity index (χ3n) is 3.91. The van der Waals surface area contributed by atoms with Crippen molar-refractivity contribution in [1.82, 2.24) is 10.3 Å². The Morgan fingerprint density at radius 2 is 1.96 bits per heavy atom. The van der Waals surface area contributed by atoms with Crippen molar-refractivity contribution in [2.45, 2.75) is 6.42 Å². The highest BCUT2D eigenvalue weighted by molar-refractivity contribution is 5.83. The van der Waals surface area contributed by atoms with Crippen molar-refractivity contribution in [3.8, 4) is 11.5 Å². The van der Waals surface area contributed by atoms with Crippen LogP contribution in [0.3, 0.4) is 0 Å². The van der Waals surface area contributed by atoms with Crippen LogP contribution in [0.1, 0.15) is 5.56 Å². The molecule has 0 saturated heterocycles. The predicted molar refractivity (Wildman–Crippen MR) is 93.3 cm³/mol. The molecular weight excluding hydrogens is 307 g/mol.